The average Bonchev–Trinajstić information content (AvgIpc) is 3.20. The maximum Gasteiger partial charge on any atom is 0.257 e. The predicted molar refractivity (Wildman–Crippen MR) is 124 cm³/mol. The van der Waals surface area contributed by atoms with Gasteiger partial charge < -0.3 is 4.74 Å². The number of likely N-dealkylation sites (tertiary alicyclic amines) is 1. The molecular formula is C26H33N3O2. The van der Waals surface area contributed by atoms with Crippen LogP contribution >= 0.6 is 0 Å². The number of ether oxygens (including phenoxy) is 1. The van der Waals surface area contributed by atoms with Crippen LogP contribution in [0.1, 0.15) is 54.5 Å². The Kier molecular flexibility index (Phi) is 6.42. The number of hydrazone groups is 1. The Morgan fingerprint density at radius 3 is 2.58 bits per heavy atom. The zero-order valence-electron chi connectivity index (χ0n) is 19.1. The van der Waals surface area contributed by atoms with E-state index >= 15 is 0 Å². The van der Waals surface area contributed by atoms with Crippen LogP contribution in [-0.2, 0) is 4.79 Å². The molecule has 1 amide bonds. The first-order valence-electron chi connectivity index (χ1n) is 11.3. The van der Waals surface area contributed by atoms with Crippen molar-refractivity contribution in [1.29, 1.82) is 0 Å². The van der Waals surface area contributed by atoms with Gasteiger partial charge in [0.15, 0.2) is 0 Å². The van der Waals surface area contributed by atoms with E-state index in [0.717, 1.165) is 54.4 Å². The zero-order valence-corrected chi connectivity index (χ0v) is 19.1. The van der Waals surface area contributed by atoms with Gasteiger partial charge in [-0.3, -0.25) is 9.69 Å². The van der Waals surface area contributed by atoms with E-state index in [1.807, 2.05) is 24.3 Å². The molecule has 2 aromatic carbocycles. The summed E-state index contributed by atoms with van der Waals surface area (Å²) < 4.78 is 5.63. The first-order valence-corrected chi connectivity index (χ1v) is 11.3. The molecule has 0 N–H and O–H groups in total. The van der Waals surface area contributed by atoms with Gasteiger partial charge in [-0.15, -0.1) is 0 Å². The van der Waals surface area contributed by atoms with Gasteiger partial charge >= 0.3 is 0 Å². The van der Waals surface area contributed by atoms with Gasteiger partial charge in [0.1, 0.15) is 5.75 Å². The number of hydrogen-bond donors (Lipinski definition) is 0. The van der Waals surface area contributed by atoms with Crippen LogP contribution in [0.4, 0.5) is 0 Å². The van der Waals surface area contributed by atoms with Crippen LogP contribution in [0.2, 0.25) is 0 Å². The number of para-hydroxylation sites is 1. The summed E-state index contributed by atoms with van der Waals surface area (Å²) in [7, 11) is 1.68. The lowest BCUT2D eigenvalue weighted by molar-refractivity contribution is -0.134. The molecule has 1 atom stereocenters. The Morgan fingerprint density at radius 1 is 1.13 bits per heavy atom. The van der Waals surface area contributed by atoms with Crippen LogP contribution in [0.25, 0.3) is 0 Å². The van der Waals surface area contributed by atoms with Gasteiger partial charge in [0.05, 0.1) is 25.4 Å². The predicted octanol–water partition coefficient (Wildman–Crippen LogP) is 4.72. The van der Waals surface area contributed by atoms with Crippen LogP contribution in [0.5, 0.6) is 5.75 Å². The highest BCUT2D eigenvalue weighted by Gasteiger charge is 2.35. The number of carbonyl (C=O) groups is 1. The first-order chi connectivity index (χ1) is 15.0. The van der Waals surface area contributed by atoms with Crippen LogP contribution in [-0.4, -0.2) is 48.3 Å². The van der Waals surface area contributed by atoms with Crippen molar-refractivity contribution in [3.05, 3.63) is 64.7 Å². The normalized spacial score (nSPS) is 20.1. The molecule has 0 saturated carbocycles. The van der Waals surface area contributed by atoms with Gasteiger partial charge in [-0.1, -0.05) is 48.9 Å². The van der Waals surface area contributed by atoms with Crippen LogP contribution < -0.4 is 4.74 Å². The van der Waals surface area contributed by atoms with Crippen LogP contribution in [0, 0.1) is 19.8 Å². The van der Waals surface area contributed by atoms with E-state index in [0.29, 0.717) is 13.0 Å². The lowest BCUT2D eigenvalue weighted by Crippen LogP contribution is -2.41. The molecule has 4 rings (SSSR count). The molecule has 0 spiro atoms. The molecule has 164 valence electrons. The SMILES string of the molecule is COc1ccccc1C1CC(c2ccc(C)cc2C)=NN1C(=O)CN1CCC(C)CC1. The fourth-order valence-electron chi connectivity index (χ4n) is 4.71. The Morgan fingerprint density at radius 2 is 1.87 bits per heavy atom. The van der Waals surface area contributed by atoms with Crippen molar-refractivity contribution in [2.45, 2.75) is 46.1 Å². The second kappa shape index (κ2) is 9.23. The Bertz CT molecular complexity index is 976. The summed E-state index contributed by atoms with van der Waals surface area (Å²) in [6.45, 7) is 8.88. The van der Waals surface area contributed by atoms with Crippen molar-refractivity contribution in [3.8, 4) is 5.75 Å². The van der Waals surface area contributed by atoms with Gasteiger partial charge in [-0.2, -0.15) is 5.10 Å². The van der Waals surface area contributed by atoms with Gasteiger partial charge in [0.25, 0.3) is 5.91 Å². The average molecular weight is 420 g/mol. The second-order valence-electron chi connectivity index (χ2n) is 9.02. The lowest BCUT2D eigenvalue weighted by Gasteiger charge is -2.31. The molecule has 0 aromatic heterocycles. The van der Waals surface area contributed by atoms with Crippen molar-refractivity contribution in [1.82, 2.24) is 9.91 Å². The topological polar surface area (TPSA) is 45.1 Å². The van der Waals surface area contributed by atoms with E-state index in [9.17, 15) is 4.79 Å². The molecule has 2 aliphatic rings. The summed E-state index contributed by atoms with van der Waals surface area (Å²) >= 11 is 0. The van der Waals surface area contributed by atoms with E-state index in [-0.39, 0.29) is 11.9 Å². The van der Waals surface area contributed by atoms with Gasteiger partial charge in [0.2, 0.25) is 0 Å². The molecule has 1 fully saturated rings. The molecule has 1 unspecified atom stereocenters. The molecule has 0 aliphatic carbocycles. The number of nitrogens with zero attached hydrogens (tertiary/aromatic N) is 3. The second-order valence-corrected chi connectivity index (χ2v) is 9.02. The molecule has 5 heteroatoms. The Hall–Kier alpha value is -2.66. The number of methoxy groups -OCH3 is 1. The van der Waals surface area contributed by atoms with Gasteiger partial charge in [-0.05, 0) is 57.3 Å². The first kappa shape index (κ1) is 21.6. The third-order valence-corrected chi connectivity index (χ3v) is 6.59. The molecular weight excluding hydrogens is 386 g/mol. The fourth-order valence-corrected chi connectivity index (χ4v) is 4.71. The van der Waals surface area contributed by atoms with Gasteiger partial charge in [-0.25, -0.2) is 5.01 Å². The summed E-state index contributed by atoms with van der Waals surface area (Å²) in [5.41, 5.74) is 5.51. The van der Waals surface area contributed by atoms with E-state index in [4.69, 9.17) is 9.84 Å². The van der Waals surface area contributed by atoms with Crippen molar-refractivity contribution in [2.24, 2.45) is 11.0 Å². The number of hydrogen-bond acceptors (Lipinski definition) is 4. The Balaban J connectivity index is 1.64. The maximum absolute atomic E-state index is 13.4. The summed E-state index contributed by atoms with van der Waals surface area (Å²) in [6.07, 6.45) is 2.99. The molecule has 0 radical (unpaired) electrons. The van der Waals surface area contributed by atoms with E-state index in [1.165, 1.54) is 11.1 Å². The third kappa shape index (κ3) is 4.67. The molecule has 0 bridgehead atoms. The largest absolute Gasteiger partial charge is 0.496 e. The number of carbonyl (C=O) groups excluding carboxylic acids is 1. The maximum atomic E-state index is 13.4. The third-order valence-electron chi connectivity index (χ3n) is 6.59. The van der Waals surface area contributed by atoms with Crippen LogP contribution in [0.15, 0.2) is 47.6 Å². The summed E-state index contributed by atoms with van der Waals surface area (Å²) in [5, 5.41) is 6.59. The van der Waals surface area contributed by atoms with Crippen molar-refractivity contribution < 1.29 is 9.53 Å². The fraction of sp³-hybridized carbons (Fsp3) is 0.462. The molecule has 2 heterocycles. The van der Waals surface area contributed by atoms with Crippen LogP contribution in [0.3, 0.4) is 0 Å². The standard InChI is InChI=1S/C26H33N3O2/c1-18-11-13-28(14-12-18)17-26(30)29-24(22-7-5-6-8-25(22)31-4)16-23(27-29)21-10-9-19(2)15-20(21)3/h5-10,15,18,24H,11-14,16-17H2,1-4H3. The number of rotatable bonds is 5. The van der Waals surface area contributed by atoms with E-state index in [2.05, 4.69) is 43.9 Å². The van der Waals surface area contributed by atoms with Gasteiger partial charge in [0, 0.05) is 17.5 Å². The number of benzene rings is 2. The lowest BCUT2D eigenvalue weighted by atomic mass is 9.94. The number of piperidine rings is 1. The Labute approximate surface area is 185 Å². The molecule has 5 nitrogen and oxygen atoms in total. The van der Waals surface area contributed by atoms with E-state index in [1.54, 1.807) is 12.1 Å². The highest BCUT2D eigenvalue weighted by molar-refractivity contribution is 6.04. The highest BCUT2D eigenvalue weighted by Crippen LogP contribution is 2.38. The number of amides is 1. The minimum absolute atomic E-state index is 0.0604. The van der Waals surface area contributed by atoms with E-state index < -0.39 is 0 Å². The van der Waals surface area contributed by atoms with Crippen molar-refractivity contribution in [2.75, 3.05) is 26.7 Å². The molecule has 31 heavy (non-hydrogen) atoms. The van der Waals surface area contributed by atoms with Crippen molar-refractivity contribution in [3.63, 3.8) is 0 Å². The highest BCUT2D eigenvalue weighted by atomic mass is 16.5. The number of aryl methyl sites for hydroxylation is 2. The minimum atomic E-state index is -0.150. The van der Waals surface area contributed by atoms with Crippen molar-refractivity contribution >= 4 is 11.6 Å². The molecule has 2 aromatic rings. The quantitative estimate of drug-likeness (QED) is 0.704. The minimum Gasteiger partial charge on any atom is -0.496 e. The molecule has 1 saturated heterocycles. The summed E-state index contributed by atoms with van der Waals surface area (Å²) in [6, 6.07) is 14.2. The monoisotopic (exact) mass is 419 g/mol. The summed E-state index contributed by atoms with van der Waals surface area (Å²) in [5.74, 6) is 1.60. The smallest absolute Gasteiger partial charge is 0.257 e. The summed E-state index contributed by atoms with van der Waals surface area (Å²) in [4.78, 5) is 15.7. The zero-order chi connectivity index (χ0) is 22.0. The molecule has 2 aliphatic heterocycles.